The number of hydrogen-bond acceptors (Lipinski definition) is 2. The molecular formula is C14H24N2. The van der Waals surface area contributed by atoms with Gasteiger partial charge in [-0.05, 0) is 37.6 Å². The van der Waals surface area contributed by atoms with Crippen LogP contribution in [0.25, 0.3) is 0 Å². The highest BCUT2D eigenvalue weighted by Crippen LogP contribution is 2.21. The van der Waals surface area contributed by atoms with E-state index in [-0.39, 0.29) is 0 Å². The molecular weight excluding hydrogens is 196 g/mol. The summed E-state index contributed by atoms with van der Waals surface area (Å²) >= 11 is 0. The van der Waals surface area contributed by atoms with Crippen LogP contribution in [0.15, 0.2) is 18.5 Å². The number of nitrogens with one attached hydrogen (secondary N) is 1. The topological polar surface area (TPSA) is 24.9 Å². The minimum absolute atomic E-state index is 0.486. The molecule has 0 amide bonds. The molecule has 16 heavy (non-hydrogen) atoms. The quantitative estimate of drug-likeness (QED) is 0.710. The molecule has 0 radical (unpaired) electrons. The number of unbranched alkanes of at least 4 members (excludes halogenated alkanes) is 3. The lowest BCUT2D eigenvalue weighted by molar-refractivity contribution is 0.503. The summed E-state index contributed by atoms with van der Waals surface area (Å²) in [6.45, 7) is 4.39. The largest absolute Gasteiger partial charge is 0.313 e. The predicted molar refractivity (Wildman–Crippen MR) is 69.5 cm³/mol. The van der Waals surface area contributed by atoms with Crippen molar-refractivity contribution >= 4 is 0 Å². The van der Waals surface area contributed by atoms with E-state index in [0.29, 0.717) is 6.04 Å². The lowest BCUT2D eigenvalue weighted by atomic mass is 9.98. The van der Waals surface area contributed by atoms with Crippen LogP contribution in [0.3, 0.4) is 0 Å². The lowest BCUT2D eigenvalue weighted by Gasteiger charge is -2.18. The molecule has 1 unspecified atom stereocenters. The third-order valence-corrected chi connectivity index (χ3v) is 3.13. The van der Waals surface area contributed by atoms with Gasteiger partial charge in [0.1, 0.15) is 0 Å². The average molecular weight is 220 g/mol. The number of aromatic nitrogens is 1. The Morgan fingerprint density at radius 2 is 2.12 bits per heavy atom. The van der Waals surface area contributed by atoms with Gasteiger partial charge in [0, 0.05) is 18.4 Å². The highest BCUT2D eigenvalue weighted by Gasteiger charge is 2.10. The molecule has 0 aliphatic rings. The van der Waals surface area contributed by atoms with Crippen molar-refractivity contribution in [2.24, 2.45) is 0 Å². The van der Waals surface area contributed by atoms with Gasteiger partial charge in [0.15, 0.2) is 0 Å². The molecule has 1 heterocycles. The number of pyridine rings is 1. The molecule has 1 aromatic rings. The molecule has 1 N–H and O–H groups in total. The summed E-state index contributed by atoms with van der Waals surface area (Å²) in [6.07, 6.45) is 10.4. The van der Waals surface area contributed by atoms with E-state index in [1.807, 2.05) is 19.4 Å². The van der Waals surface area contributed by atoms with Crippen molar-refractivity contribution in [3.05, 3.63) is 29.6 Å². The van der Waals surface area contributed by atoms with Gasteiger partial charge in [0.05, 0.1) is 0 Å². The van der Waals surface area contributed by atoms with Crippen molar-refractivity contribution in [1.82, 2.24) is 10.3 Å². The summed E-state index contributed by atoms with van der Waals surface area (Å²) in [5, 5.41) is 3.41. The van der Waals surface area contributed by atoms with Gasteiger partial charge in [-0.2, -0.15) is 0 Å². The lowest BCUT2D eigenvalue weighted by Crippen LogP contribution is -2.17. The van der Waals surface area contributed by atoms with Crippen LogP contribution in [0, 0.1) is 6.92 Å². The molecule has 0 fully saturated rings. The molecule has 0 saturated carbocycles. The van der Waals surface area contributed by atoms with Crippen LogP contribution in [0.5, 0.6) is 0 Å². The van der Waals surface area contributed by atoms with Crippen molar-refractivity contribution in [2.75, 3.05) is 7.05 Å². The third-order valence-electron chi connectivity index (χ3n) is 3.13. The maximum atomic E-state index is 4.14. The highest BCUT2D eigenvalue weighted by molar-refractivity contribution is 5.25. The smallest absolute Gasteiger partial charge is 0.0321 e. The van der Waals surface area contributed by atoms with E-state index in [1.165, 1.54) is 43.2 Å². The molecule has 90 valence electrons. The summed E-state index contributed by atoms with van der Waals surface area (Å²) in [5.41, 5.74) is 2.69. The second-order valence-electron chi connectivity index (χ2n) is 4.42. The van der Waals surface area contributed by atoms with Gasteiger partial charge in [-0.1, -0.05) is 32.6 Å². The van der Waals surface area contributed by atoms with Crippen molar-refractivity contribution in [3.8, 4) is 0 Å². The van der Waals surface area contributed by atoms with Crippen LogP contribution in [0.2, 0.25) is 0 Å². The summed E-state index contributed by atoms with van der Waals surface area (Å²) in [4.78, 5) is 4.14. The number of rotatable bonds is 7. The SMILES string of the molecule is CCCCCCC(NC)c1ccncc1C. The van der Waals surface area contributed by atoms with Crippen LogP contribution < -0.4 is 5.32 Å². The van der Waals surface area contributed by atoms with E-state index in [2.05, 4.69) is 30.2 Å². The molecule has 0 saturated heterocycles. The molecule has 2 heteroatoms. The van der Waals surface area contributed by atoms with E-state index in [9.17, 15) is 0 Å². The normalized spacial score (nSPS) is 12.7. The molecule has 0 aromatic carbocycles. The van der Waals surface area contributed by atoms with E-state index >= 15 is 0 Å². The fourth-order valence-corrected chi connectivity index (χ4v) is 2.11. The first kappa shape index (κ1) is 13.2. The zero-order valence-electron chi connectivity index (χ0n) is 10.8. The first-order valence-corrected chi connectivity index (χ1v) is 6.37. The van der Waals surface area contributed by atoms with E-state index in [0.717, 1.165) is 0 Å². The van der Waals surface area contributed by atoms with Crippen molar-refractivity contribution < 1.29 is 0 Å². The van der Waals surface area contributed by atoms with Crippen molar-refractivity contribution in [1.29, 1.82) is 0 Å². The Hall–Kier alpha value is -0.890. The molecule has 0 spiro atoms. The minimum atomic E-state index is 0.486. The van der Waals surface area contributed by atoms with Gasteiger partial charge < -0.3 is 5.32 Å². The maximum absolute atomic E-state index is 4.14. The van der Waals surface area contributed by atoms with Gasteiger partial charge in [0.25, 0.3) is 0 Å². The summed E-state index contributed by atoms with van der Waals surface area (Å²) in [7, 11) is 2.05. The number of nitrogens with zero attached hydrogens (tertiary/aromatic N) is 1. The Kier molecular flexibility index (Phi) is 6.09. The average Bonchev–Trinajstić information content (AvgIpc) is 2.31. The van der Waals surface area contributed by atoms with E-state index in [4.69, 9.17) is 0 Å². The van der Waals surface area contributed by atoms with Gasteiger partial charge >= 0.3 is 0 Å². The minimum Gasteiger partial charge on any atom is -0.313 e. The first-order valence-electron chi connectivity index (χ1n) is 6.37. The molecule has 1 aromatic heterocycles. The molecule has 0 aliphatic heterocycles. The highest BCUT2D eigenvalue weighted by atomic mass is 14.9. The Balaban J connectivity index is 2.51. The molecule has 1 rings (SSSR count). The Labute approximate surface area is 99.5 Å². The second-order valence-corrected chi connectivity index (χ2v) is 4.42. The Morgan fingerprint density at radius 3 is 2.75 bits per heavy atom. The molecule has 0 aliphatic carbocycles. The second kappa shape index (κ2) is 7.39. The molecule has 2 nitrogen and oxygen atoms in total. The monoisotopic (exact) mass is 220 g/mol. The van der Waals surface area contributed by atoms with E-state index in [1.54, 1.807) is 0 Å². The standard InChI is InChI=1S/C14H24N2/c1-4-5-6-7-8-14(15-3)13-9-10-16-11-12(13)2/h9-11,14-15H,4-8H2,1-3H3. The fourth-order valence-electron chi connectivity index (χ4n) is 2.11. The Bertz CT molecular complexity index is 297. The van der Waals surface area contributed by atoms with Gasteiger partial charge in [-0.15, -0.1) is 0 Å². The predicted octanol–water partition coefficient (Wildman–Crippen LogP) is 3.62. The van der Waals surface area contributed by atoms with Crippen LogP contribution >= 0.6 is 0 Å². The van der Waals surface area contributed by atoms with Crippen LogP contribution in [-0.2, 0) is 0 Å². The number of hydrogen-bond donors (Lipinski definition) is 1. The third kappa shape index (κ3) is 3.93. The van der Waals surface area contributed by atoms with Gasteiger partial charge in [0.2, 0.25) is 0 Å². The van der Waals surface area contributed by atoms with Crippen LogP contribution in [0.1, 0.15) is 56.2 Å². The number of aryl methyl sites for hydroxylation is 1. The zero-order valence-corrected chi connectivity index (χ0v) is 10.8. The maximum Gasteiger partial charge on any atom is 0.0321 e. The summed E-state index contributed by atoms with van der Waals surface area (Å²) < 4.78 is 0. The van der Waals surface area contributed by atoms with E-state index < -0.39 is 0 Å². The zero-order chi connectivity index (χ0) is 11.8. The first-order chi connectivity index (χ1) is 7.79. The van der Waals surface area contributed by atoms with Gasteiger partial charge in [-0.25, -0.2) is 0 Å². The molecule has 0 bridgehead atoms. The van der Waals surface area contributed by atoms with Crippen molar-refractivity contribution in [3.63, 3.8) is 0 Å². The fraction of sp³-hybridized carbons (Fsp3) is 0.643. The van der Waals surface area contributed by atoms with Crippen LogP contribution in [0.4, 0.5) is 0 Å². The van der Waals surface area contributed by atoms with Gasteiger partial charge in [-0.3, -0.25) is 4.98 Å². The molecule has 1 atom stereocenters. The van der Waals surface area contributed by atoms with Crippen LogP contribution in [-0.4, -0.2) is 12.0 Å². The summed E-state index contributed by atoms with van der Waals surface area (Å²) in [6, 6.07) is 2.62. The van der Waals surface area contributed by atoms with Crippen molar-refractivity contribution in [2.45, 2.75) is 52.0 Å². The Morgan fingerprint density at radius 1 is 1.31 bits per heavy atom. The summed E-state index contributed by atoms with van der Waals surface area (Å²) in [5.74, 6) is 0.